The van der Waals surface area contributed by atoms with E-state index in [1.54, 1.807) is 19.2 Å². The van der Waals surface area contributed by atoms with E-state index in [-0.39, 0.29) is 12.0 Å². The second-order valence-corrected chi connectivity index (χ2v) is 6.97. The van der Waals surface area contributed by atoms with Crippen LogP contribution in [0.15, 0.2) is 54.6 Å². The van der Waals surface area contributed by atoms with Crippen molar-refractivity contribution in [3.8, 4) is 12.8 Å². The van der Waals surface area contributed by atoms with E-state index in [2.05, 4.69) is 28.0 Å². The molecule has 0 bridgehead atoms. The Morgan fingerprint density at radius 3 is 2.28 bits per heavy atom. The highest BCUT2D eigenvalue weighted by atomic mass is 35.5. The molecule has 0 aliphatic carbocycles. The van der Waals surface area contributed by atoms with E-state index in [1.807, 2.05) is 49.5 Å². The molecule has 0 spiro atoms. The molecule has 1 saturated heterocycles. The first-order valence-electron chi connectivity index (χ1n) is 9.47. The fourth-order valence-electron chi connectivity index (χ4n) is 2.91. The van der Waals surface area contributed by atoms with Gasteiger partial charge in [0.05, 0.1) is 16.8 Å². The molecule has 2 aromatic carbocycles. The Morgan fingerprint density at radius 2 is 1.83 bits per heavy atom. The number of aliphatic hydroxyl groups is 1. The molecule has 2 N–H and O–H groups in total. The number of carbonyl (C=O) groups excluding carboxylic acids is 1. The highest BCUT2D eigenvalue weighted by molar-refractivity contribution is 6.33. The van der Waals surface area contributed by atoms with Gasteiger partial charge < -0.3 is 15.3 Å². The van der Waals surface area contributed by atoms with Crippen molar-refractivity contribution in [1.82, 2.24) is 10.2 Å². The largest absolute Gasteiger partial charge is 0.392 e. The Balaban J connectivity index is 0.000000442. The van der Waals surface area contributed by atoms with Crippen LogP contribution in [0.5, 0.6) is 0 Å². The van der Waals surface area contributed by atoms with Crippen molar-refractivity contribution in [3.05, 3.63) is 65.2 Å². The zero-order valence-electron chi connectivity index (χ0n) is 17.1. The molecule has 1 heterocycles. The first kappa shape index (κ1) is 24.5. The number of nitrogens with one attached hydrogen (secondary N) is 1. The molecule has 1 aliphatic rings. The van der Waals surface area contributed by atoms with Crippen LogP contribution in [-0.2, 0) is 0 Å². The molecule has 29 heavy (non-hydrogen) atoms. The number of terminal acetylenes is 1. The van der Waals surface area contributed by atoms with Crippen LogP contribution in [-0.4, -0.2) is 62.3 Å². The van der Waals surface area contributed by atoms with Crippen LogP contribution >= 0.6 is 11.6 Å². The minimum Gasteiger partial charge on any atom is -0.392 e. The molecule has 0 unspecified atom stereocenters. The van der Waals surface area contributed by atoms with Gasteiger partial charge in [0.25, 0.3) is 5.91 Å². The van der Waals surface area contributed by atoms with Crippen molar-refractivity contribution < 1.29 is 9.90 Å². The second-order valence-electron chi connectivity index (χ2n) is 6.56. The lowest BCUT2D eigenvalue weighted by Gasteiger charge is -2.24. The molecular formula is C23H30ClN3O2. The smallest absolute Gasteiger partial charge is 0.251 e. The standard InChI is InChI=1S/C15H22ClN3O2.C6H6.C2H2/c1-17-15(21)11-3-4-14(13(16)9-11)18(2)7-8-19-6-5-12(20)10-19;1-2-4-6-5-3-1;1-2/h3-4,9,12,20H,5-8,10H2,1-2H3,(H,17,21);1-6H;1-2H/t12-;;/m0../s1. The number of hydrogen-bond acceptors (Lipinski definition) is 4. The fourth-order valence-corrected chi connectivity index (χ4v) is 3.24. The Kier molecular flexibility index (Phi) is 11.5. The maximum absolute atomic E-state index is 11.6. The van der Waals surface area contributed by atoms with Gasteiger partial charge in [-0.15, -0.1) is 12.8 Å². The number of halogens is 1. The average molecular weight is 416 g/mol. The molecule has 5 nitrogen and oxygen atoms in total. The quantitative estimate of drug-likeness (QED) is 0.736. The topological polar surface area (TPSA) is 55.8 Å². The highest BCUT2D eigenvalue weighted by Gasteiger charge is 2.20. The minimum atomic E-state index is -0.189. The molecule has 0 radical (unpaired) electrons. The Bertz CT molecular complexity index is 726. The van der Waals surface area contributed by atoms with Gasteiger partial charge in [-0.2, -0.15) is 0 Å². The summed E-state index contributed by atoms with van der Waals surface area (Å²) in [5, 5.41) is 12.7. The third-order valence-electron chi connectivity index (χ3n) is 4.51. The number of amides is 1. The van der Waals surface area contributed by atoms with Crippen molar-refractivity contribution in [2.24, 2.45) is 0 Å². The van der Waals surface area contributed by atoms with E-state index < -0.39 is 0 Å². The number of likely N-dealkylation sites (tertiary alicyclic amines) is 1. The number of anilines is 1. The molecule has 156 valence electrons. The summed E-state index contributed by atoms with van der Waals surface area (Å²) in [5.74, 6) is -0.142. The molecule has 1 fully saturated rings. The Hall–Kier alpha value is -2.52. The highest BCUT2D eigenvalue weighted by Crippen LogP contribution is 2.26. The predicted octanol–water partition coefficient (Wildman–Crippen LogP) is 3.14. The van der Waals surface area contributed by atoms with Gasteiger partial charge in [0.15, 0.2) is 0 Å². The van der Waals surface area contributed by atoms with Gasteiger partial charge in [-0.3, -0.25) is 9.69 Å². The number of aliphatic hydroxyl groups excluding tert-OH is 1. The lowest BCUT2D eigenvalue weighted by atomic mass is 10.2. The van der Waals surface area contributed by atoms with Crippen LogP contribution in [0.4, 0.5) is 5.69 Å². The molecule has 1 aliphatic heterocycles. The second kappa shape index (κ2) is 13.6. The summed E-state index contributed by atoms with van der Waals surface area (Å²) in [7, 11) is 3.58. The number of hydrogen-bond donors (Lipinski definition) is 2. The van der Waals surface area contributed by atoms with Gasteiger partial charge in [-0.1, -0.05) is 48.0 Å². The van der Waals surface area contributed by atoms with Crippen LogP contribution in [0.1, 0.15) is 16.8 Å². The molecule has 2 aromatic rings. The average Bonchev–Trinajstić information content (AvgIpc) is 3.19. The van der Waals surface area contributed by atoms with E-state index in [9.17, 15) is 9.90 Å². The summed E-state index contributed by atoms with van der Waals surface area (Å²) in [4.78, 5) is 15.9. The van der Waals surface area contributed by atoms with E-state index in [0.717, 1.165) is 38.3 Å². The predicted molar refractivity (Wildman–Crippen MR) is 122 cm³/mol. The molecular weight excluding hydrogens is 386 g/mol. The van der Waals surface area contributed by atoms with Gasteiger partial charge in [0.2, 0.25) is 0 Å². The summed E-state index contributed by atoms with van der Waals surface area (Å²) < 4.78 is 0. The lowest BCUT2D eigenvalue weighted by Crippen LogP contribution is -2.32. The van der Waals surface area contributed by atoms with Gasteiger partial charge in [-0.05, 0) is 24.6 Å². The van der Waals surface area contributed by atoms with Gasteiger partial charge in [0, 0.05) is 45.8 Å². The van der Waals surface area contributed by atoms with Crippen molar-refractivity contribution >= 4 is 23.2 Å². The summed E-state index contributed by atoms with van der Waals surface area (Å²) in [6.45, 7) is 3.41. The van der Waals surface area contributed by atoms with Crippen molar-refractivity contribution in [2.45, 2.75) is 12.5 Å². The Morgan fingerprint density at radius 1 is 1.24 bits per heavy atom. The maximum atomic E-state index is 11.6. The first-order chi connectivity index (χ1) is 14.0. The van der Waals surface area contributed by atoms with Crippen LogP contribution in [0.25, 0.3) is 0 Å². The van der Waals surface area contributed by atoms with Gasteiger partial charge >= 0.3 is 0 Å². The molecule has 1 atom stereocenters. The van der Waals surface area contributed by atoms with Crippen molar-refractivity contribution in [2.75, 3.05) is 45.2 Å². The van der Waals surface area contributed by atoms with E-state index in [4.69, 9.17) is 11.6 Å². The van der Waals surface area contributed by atoms with Crippen LogP contribution in [0.2, 0.25) is 5.02 Å². The fraction of sp³-hybridized carbons (Fsp3) is 0.348. The maximum Gasteiger partial charge on any atom is 0.251 e. The third-order valence-corrected chi connectivity index (χ3v) is 4.82. The third kappa shape index (κ3) is 8.57. The lowest BCUT2D eigenvalue weighted by molar-refractivity contribution is 0.0963. The summed E-state index contributed by atoms with van der Waals surface area (Å²) >= 11 is 6.27. The zero-order valence-corrected chi connectivity index (χ0v) is 17.8. The van der Waals surface area contributed by atoms with Gasteiger partial charge in [-0.25, -0.2) is 0 Å². The zero-order chi connectivity index (χ0) is 21.6. The summed E-state index contributed by atoms with van der Waals surface area (Å²) in [6, 6.07) is 17.3. The van der Waals surface area contributed by atoms with E-state index >= 15 is 0 Å². The van der Waals surface area contributed by atoms with Crippen LogP contribution in [0, 0.1) is 12.8 Å². The molecule has 6 heteroatoms. The number of benzene rings is 2. The summed E-state index contributed by atoms with van der Waals surface area (Å²) in [5.41, 5.74) is 1.46. The van der Waals surface area contributed by atoms with Gasteiger partial charge in [0.1, 0.15) is 0 Å². The van der Waals surface area contributed by atoms with Crippen LogP contribution < -0.4 is 10.2 Å². The van der Waals surface area contributed by atoms with Crippen molar-refractivity contribution in [1.29, 1.82) is 0 Å². The first-order valence-corrected chi connectivity index (χ1v) is 9.85. The van der Waals surface area contributed by atoms with Crippen molar-refractivity contribution in [3.63, 3.8) is 0 Å². The van der Waals surface area contributed by atoms with Crippen LogP contribution in [0.3, 0.4) is 0 Å². The summed E-state index contributed by atoms with van der Waals surface area (Å²) in [6.07, 6.45) is 8.66. The monoisotopic (exact) mass is 415 g/mol. The molecule has 0 aromatic heterocycles. The number of nitrogens with zero attached hydrogens (tertiary/aromatic N) is 2. The number of β-amino-alcohol motifs (C(OH)–C–C–N with tert-alkyl or cyclic N) is 1. The number of rotatable bonds is 5. The molecule has 1 amide bonds. The number of likely N-dealkylation sites (N-methyl/N-ethyl adjacent to an activating group) is 1. The molecule has 3 rings (SSSR count). The SMILES string of the molecule is C#C.CNC(=O)c1ccc(N(C)CCN2CC[C@H](O)C2)c(Cl)c1.c1ccccc1. The minimum absolute atomic E-state index is 0.142. The molecule has 0 saturated carbocycles. The normalized spacial score (nSPS) is 15.3. The van der Waals surface area contributed by atoms with E-state index in [0.29, 0.717) is 10.6 Å². The Labute approximate surface area is 179 Å². The number of carbonyl (C=O) groups is 1. The van der Waals surface area contributed by atoms with E-state index in [1.165, 1.54) is 0 Å².